The predicted molar refractivity (Wildman–Crippen MR) is 151 cm³/mol. The Bertz CT molecular complexity index is 955. The third-order valence-corrected chi connectivity index (χ3v) is 6.92. The van der Waals surface area contributed by atoms with E-state index in [9.17, 15) is 19.8 Å². The minimum atomic E-state index is -1.13. The van der Waals surface area contributed by atoms with E-state index < -0.39 is 24.2 Å². The topological polar surface area (TPSA) is 138 Å². The van der Waals surface area contributed by atoms with Gasteiger partial charge in [0.05, 0.1) is 36.0 Å². The van der Waals surface area contributed by atoms with E-state index in [0.29, 0.717) is 58.6 Å². The maximum atomic E-state index is 13.2. The minimum absolute atomic E-state index is 0.0623. The van der Waals surface area contributed by atoms with Gasteiger partial charge in [-0.2, -0.15) is 0 Å². The predicted octanol–water partition coefficient (Wildman–Crippen LogP) is 2.15. The number of rotatable bonds is 15. The van der Waals surface area contributed by atoms with E-state index in [4.69, 9.17) is 19.3 Å². The molecule has 1 aliphatic rings. The van der Waals surface area contributed by atoms with Crippen molar-refractivity contribution in [3.05, 3.63) is 32.9 Å². The van der Waals surface area contributed by atoms with Crippen molar-refractivity contribution in [1.82, 2.24) is 10.2 Å². The van der Waals surface area contributed by atoms with Gasteiger partial charge < -0.3 is 39.7 Å². The van der Waals surface area contributed by atoms with E-state index in [1.807, 2.05) is 20.8 Å². The molecule has 0 saturated heterocycles. The molecule has 1 aromatic rings. The number of carbonyl (C=O) groups excluding carboxylic acids is 2. The van der Waals surface area contributed by atoms with Crippen LogP contribution in [-0.4, -0.2) is 89.8 Å². The van der Waals surface area contributed by atoms with Crippen molar-refractivity contribution in [3.8, 4) is 11.5 Å². The number of nitrogens with zero attached hydrogens (tertiary/aromatic N) is 1. The van der Waals surface area contributed by atoms with E-state index in [1.54, 1.807) is 23.1 Å². The van der Waals surface area contributed by atoms with Crippen molar-refractivity contribution in [1.29, 1.82) is 0 Å². The Kier molecular flexibility index (Phi) is 13.8. The van der Waals surface area contributed by atoms with Crippen LogP contribution < -0.4 is 14.8 Å². The summed E-state index contributed by atoms with van der Waals surface area (Å²) in [6, 6.07) is 2.68. The maximum Gasteiger partial charge on any atom is 0.247 e. The number of nitrogens with one attached hydrogen (secondary N) is 1. The molecule has 214 valence electrons. The second kappa shape index (κ2) is 16.2. The maximum absolute atomic E-state index is 13.2. The molecule has 0 radical (unpaired) electrons. The third-order valence-electron chi connectivity index (χ3n) is 6.12. The molecule has 1 aromatic carbocycles. The van der Waals surface area contributed by atoms with Crippen LogP contribution >= 0.6 is 22.6 Å². The lowest BCUT2D eigenvalue weighted by Crippen LogP contribution is -2.55. The van der Waals surface area contributed by atoms with Crippen LogP contribution in [0.15, 0.2) is 23.8 Å². The highest BCUT2D eigenvalue weighted by molar-refractivity contribution is 14.1. The Labute approximate surface area is 238 Å². The summed E-state index contributed by atoms with van der Waals surface area (Å²) in [5.74, 6) is 0.224. The third kappa shape index (κ3) is 9.08. The molecule has 0 saturated carbocycles. The van der Waals surface area contributed by atoms with Gasteiger partial charge in [-0.1, -0.05) is 6.92 Å². The smallest absolute Gasteiger partial charge is 0.247 e. The molecular weight excluding hydrogens is 607 g/mol. The minimum Gasteiger partial charge on any atom is -0.493 e. The van der Waals surface area contributed by atoms with Crippen LogP contribution in [-0.2, 0) is 20.9 Å². The molecule has 38 heavy (non-hydrogen) atoms. The fraction of sp³-hybridized carbons (Fsp3) is 0.630. The van der Waals surface area contributed by atoms with Crippen LogP contribution in [0.4, 0.5) is 0 Å². The molecule has 2 rings (SSSR count). The molecule has 11 heteroatoms. The summed E-state index contributed by atoms with van der Waals surface area (Å²) in [4.78, 5) is 27.8. The summed E-state index contributed by atoms with van der Waals surface area (Å²) in [6.07, 6.45) is 1.20. The van der Waals surface area contributed by atoms with Crippen molar-refractivity contribution >= 4 is 34.4 Å². The van der Waals surface area contributed by atoms with E-state index in [-0.39, 0.29) is 38.2 Å². The first-order valence-corrected chi connectivity index (χ1v) is 14.1. The summed E-state index contributed by atoms with van der Waals surface area (Å²) in [5, 5.41) is 32.9. The number of amides is 2. The first kappa shape index (κ1) is 32.3. The first-order valence-electron chi connectivity index (χ1n) is 13.0. The van der Waals surface area contributed by atoms with Gasteiger partial charge in [-0.25, -0.2) is 0 Å². The zero-order valence-corrected chi connectivity index (χ0v) is 24.8. The van der Waals surface area contributed by atoms with Crippen molar-refractivity contribution in [2.45, 2.75) is 77.4 Å². The lowest BCUT2D eigenvalue weighted by Gasteiger charge is -2.40. The highest BCUT2D eigenvalue weighted by atomic mass is 127. The molecule has 0 aromatic heterocycles. The number of ether oxygens (including phenoxy) is 3. The molecule has 0 aliphatic heterocycles. The fourth-order valence-electron chi connectivity index (χ4n) is 4.28. The number of benzene rings is 1. The van der Waals surface area contributed by atoms with E-state index >= 15 is 0 Å². The van der Waals surface area contributed by atoms with Gasteiger partial charge in [0.15, 0.2) is 11.5 Å². The molecule has 0 fully saturated rings. The molecule has 0 spiro atoms. The number of methoxy groups -OCH3 is 1. The molecule has 10 nitrogen and oxygen atoms in total. The molecule has 0 unspecified atom stereocenters. The van der Waals surface area contributed by atoms with Crippen LogP contribution in [0.2, 0.25) is 0 Å². The summed E-state index contributed by atoms with van der Waals surface area (Å²) in [5.41, 5.74) is 0.993. The zero-order valence-electron chi connectivity index (χ0n) is 22.6. The van der Waals surface area contributed by atoms with Crippen LogP contribution in [0.1, 0.15) is 52.0 Å². The molecule has 0 bridgehead atoms. The van der Waals surface area contributed by atoms with Gasteiger partial charge in [0.1, 0.15) is 12.2 Å². The lowest BCUT2D eigenvalue weighted by atomic mass is 9.87. The lowest BCUT2D eigenvalue weighted by molar-refractivity contribution is -0.139. The number of halogens is 1. The van der Waals surface area contributed by atoms with Gasteiger partial charge >= 0.3 is 0 Å². The van der Waals surface area contributed by atoms with Gasteiger partial charge in [-0.3, -0.25) is 9.59 Å². The molecule has 1 aliphatic carbocycles. The Morgan fingerprint density at radius 3 is 2.61 bits per heavy atom. The SMILES string of the molecule is CCCC(=O)N(CCCOC(C)C)[C@@H]1CC(C(=O)NCCO)=C[C@H](Oc2c(I)cc(CO)cc2OC)[C@H]1O. The Morgan fingerprint density at radius 2 is 2.00 bits per heavy atom. The van der Waals surface area contributed by atoms with Gasteiger partial charge in [-0.05, 0) is 73.1 Å². The number of aliphatic hydroxyl groups excluding tert-OH is 3. The second-order valence-electron chi connectivity index (χ2n) is 9.39. The average Bonchev–Trinajstić information content (AvgIpc) is 2.89. The number of hydrogen-bond donors (Lipinski definition) is 4. The summed E-state index contributed by atoms with van der Waals surface area (Å²) in [6.45, 7) is 6.31. The first-order chi connectivity index (χ1) is 18.2. The zero-order chi connectivity index (χ0) is 28.2. The Morgan fingerprint density at radius 1 is 1.26 bits per heavy atom. The van der Waals surface area contributed by atoms with Crippen molar-refractivity contribution in [2.24, 2.45) is 0 Å². The van der Waals surface area contributed by atoms with Gasteiger partial charge in [0, 0.05) is 38.1 Å². The van der Waals surface area contributed by atoms with Crippen molar-refractivity contribution in [3.63, 3.8) is 0 Å². The highest BCUT2D eigenvalue weighted by Crippen LogP contribution is 2.37. The van der Waals surface area contributed by atoms with Gasteiger partial charge in [0.25, 0.3) is 0 Å². The van der Waals surface area contributed by atoms with Crippen molar-refractivity contribution in [2.75, 3.05) is 33.4 Å². The summed E-state index contributed by atoms with van der Waals surface area (Å²) in [7, 11) is 1.48. The number of carbonyl (C=O) groups is 2. The monoisotopic (exact) mass is 648 g/mol. The van der Waals surface area contributed by atoms with Crippen LogP contribution in [0.25, 0.3) is 0 Å². The van der Waals surface area contributed by atoms with Crippen LogP contribution in [0.5, 0.6) is 11.5 Å². The average molecular weight is 649 g/mol. The van der Waals surface area contributed by atoms with Gasteiger partial charge in [-0.15, -0.1) is 0 Å². The Hall–Kier alpha value is -1.93. The molecular formula is C27H41IN2O8. The fourth-order valence-corrected chi connectivity index (χ4v) is 5.07. The summed E-state index contributed by atoms with van der Waals surface area (Å²) < 4.78 is 18.0. The van der Waals surface area contributed by atoms with E-state index in [2.05, 4.69) is 27.9 Å². The quantitative estimate of drug-likeness (QED) is 0.168. The Balaban J connectivity index is 2.44. The highest BCUT2D eigenvalue weighted by Gasteiger charge is 2.40. The largest absolute Gasteiger partial charge is 0.493 e. The number of aliphatic hydroxyl groups is 3. The molecule has 3 atom stereocenters. The molecule has 4 N–H and O–H groups in total. The van der Waals surface area contributed by atoms with Crippen LogP contribution in [0, 0.1) is 3.57 Å². The second-order valence-corrected chi connectivity index (χ2v) is 10.6. The van der Waals surface area contributed by atoms with E-state index in [1.165, 1.54) is 7.11 Å². The summed E-state index contributed by atoms with van der Waals surface area (Å²) >= 11 is 2.06. The standard InChI is InChI=1S/C27H41IN2O8/c1-5-7-24(33)30(9-6-11-37-17(2)3)21-14-19(27(35)29-8-10-31)15-22(25(21)34)38-26-20(28)12-18(16-32)13-23(26)36-4/h12-13,15,17,21-22,25,31-32,34H,5-11,14,16H2,1-4H3,(H,29,35)/t21-,22+,25+/m1/s1. The van der Waals surface area contributed by atoms with Crippen molar-refractivity contribution < 1.29 is 39.1 Å². The van der Waals surface area contributed by atoms with E-state index in [0.717, 1.165) is 0 Å². The van der Waals surface area contributed by atoms with Gasteiger partial charge in [0.2, 0.25) is 11.8 Å². The molecule has 2 amide bonds. The molecule has 0 heterocycles. The normalized spacial score (nSPS) is 19.2. The van der Waals surface area contributed by atoms with Crippen LogP contribution in [0.3, 0.4) is 0 Å². The number of hydrogen-bond acceptors (Lipinski definition) is 8.